The molecule has 5 heteroatoms. The molecule has 0 atom stereocenters. The number of benzene rings is 1. The molecule has 0 fully saturated rings. The van der Waals surface area contributed by atoms with Crippen LogP contribution in [0.1, 0.15) is 25.7 Å². The van der Waals surface area contributed by atoms with Crippen molar-refractivity contribution in [3.8, 4) is 0 Å². The first kappa shape index (κ1) is 12.4. The first-order valence-corrected chi connectivity index (χ1v) is 6.26. The number of hydrazine groups is 1. The molecule has 0 radical (unpaired) electrons. The molecular formula is C13H18N4O. The van der Waals surface area contributed by atoms with E-state index in [0.29, 0.717) is 0 Å². The molecule has 96 valence electrons. The molecule has 3 N–H and O–H groups in total. The van der Waals surface area contributed by atoms with Crippen LogP contribution in [0, 0.1) is 0 Å². The molecule has 0 bridgehead atoms. The number of urea groups is 1. The average Bonchev–Trinajstić information content (AvgIpc) is 2.66. The number of carbonyl (C=O) groups is 1. The lowest BCUT2D eigenvalue weighted by Gasteiger charge is -2.10. The first-order valence-electron chi connectivity index (χ1n) is 6.26. The Morgan fingerprint density at radius 2 is 1.94 bits per heavy atom. The predicted octanol–water partition coefficient (Wildman–Crippen LogP) is 2.29. The van der Waals surface area contributed by atoms with Crippen molar-refractivity contribution in [2.24, 2.45) is 4.99 Å². The summed E-state index contributed by atoms with van der Waals surface area (Å²) in [4.78, 5) is 16.0. The highest BCUT2D eigenvalue weighted by Crippen LogP contribution is 2.06. The van der Waals surface area contributed by atoms with E-state index in [2.05, 4.69) is 21.2 Å². The summed E-state index contributed by atoms with van der Waals surface area (Å²) in [5.41, 5.74) is 6.23. The standard InChI is InChI=1S/C13H18N4O/c18-13(15-11-7-3-1-4-8-11)17-16-12-9-5-2-6-10-14-12/h1,3-4,7-8H,2,5-6,9-10H2,(H,14,16)(H2,15,17,18). The van der Waals surface area contributed by atoms with Gasteiger partial charge in [0.25, 0.3) is 0 Å². The Labute approximate surface area is 107 Å². The van der Waals surface area contributed by atoms with Gasteiger partial charge in [-0.05, 0) is 25.0 Å². The fourth-order valence-electron chi connectivity index (χ4n) is 1.79. The van der Waals surface area contributed by atoms with Crippen molar-refractivity contribution >= 4 is 17.6 Å². The summed E-state index contributed by atoms with van der Waals surface area (Å²) in [6.07, 6.45) is 4.34. The van der Waals surface area contributed by atoms with E-state index >= 15 is 0 Å². The first-order chi connectivity index (χ1) is 8.84. The summed E-state index contributed by atoms with van der Waals surface area (Å²) in [6.45, 7) is 0.838. The van der Waals surface area contributed by atoms with Gasteiger partial charge in [0.15, 0.2) is 0 Å². The van der Waals surface area contributed by atoms with Gasteiger partial charge in [-0.25, -0.2) is 4.79 Å². The third-order valence-electron chi connectivity index (χ3n) is 2.73. The number of rotatable bonds is 1. The van der Waals surface area contributed by atoms with E-state index in [1.807, 2.05) is 30.3 Å². The monoisotopic (exact) mass is 246 g/mol. The van der Waals surface area contributed by atoms with E-state index in [9.17, 15) is 4.79 Å². The van der Waals surface area contributed by atoms with Crippen LogP contribution in [0.4, 0.5) is 10.5 Å². The molecule has 2 rings (SSSR count). The van der Waals surface area contributed by atoms with Gasteiger partial charge in [0.2, 0.25) is 0 Å². The number of amidine groups is 1. The Morgan fingerprint density at radius 1 is 1.11 bits per heavy atom. The molecule has 0 aromatic heterocycles. The maximum absolute atomic E-state index is 11.6. The fraction of sp³-hybridized carbons (Fsp3) is 0.385. The maximum atomic E-state index is 11.6. The van der Waals surface area contributed by atoms with E-state index < -0.39 is 0 Å². The number of carbonyl (C=O) groups excluding carboxylic acids is 1. The molecule has 0 saturated carbocycles. The number of hydrogen-bond donors (Lipinski definition) is 3. The summed E-state index contributed by atoms with van der Waals surface area (Å²) in [5.74, 6) is 0.857. The zero-order chi connectivity index (χ0) is 12.6. The third-order valence-corrected chi connectivity index (χ3v) is 2.73. The smallest absolute Gasteiger partial charge is 0.307 e. The van der Waals surface area contributed by atoms with Crippen LogP contribution in [-0.4, -0.2) is 18.4 Å². The van der Waals surface area contributed by atoms with Crippen LogP contribution in [0.25, 0.3) is 0 Å². The summed E-state index contributed by atoms with van der Waals surface area (Å²) >= 11 is 0. The Hall–Kier alpha value is -2.04. The molecule has 0 spiro atoms. The third kappa shape index (κ3) is 4.08. The molecule has 1 aliphatic rings. The normalized spacial score (nSPS) is 15.2. The van der Waals surface area contributed by atoms with Crippen molar-refractivity contribution in [2.75, 3.05) is 11.9 Å². The zero-order valence-corrected chi connectivity index (χ0v) is 10.3. The molecule has 0 unspecified atom stereocenters. The van der Waals surface area contributed by atoms with Crippen LogP contribution < -0.4 is 16.2 Å². The highest BCUT2D eigenvalue weighted by molar-refractivity contribution is 5.91. The second kappa shape index (κ2) is 6.64. The number of anilines is 1. The van der Waals surface area contributed by atoms with Crippen LogP contribution in [0.5, 0.6) is 0 Å². The van der Waals surface area contributed by atoms with Crippen LogP contribution in [0.15, 0.2) is 35.3 Å². The quantitative estimate of drug-likeness (QED) is 0.666. The van der Waals surface area contributed by atoms with Crippen LogP contribution in [0.2, 0.25) is 0 Å². The Balaban J connectivity index is 1.76. The van der Waals surface area contributed by atoms with Crippen molar-refractivity contribution in [3.05, 3.63) is 30.3 Å². The number of hydrogen-bond acceptors (Lipinski definition) is 3. The van der Waals surface area contributed by atoms with Crippen molar-refractivity contribution in [1.82, 2.24) is 10.9 Å². The van der Waals surface area contributed by atoms with Crippen molar-refractivity contribution in [3.63, 3.8) is 0 Å². The van der Waals surface area contributed by atoms with E-state index in [4.69, 9.17) is 0 Å². The number of nitrogens with zero attached hydrogens (tertiary/aromatic N) is 1. The summed E-state index contributed by atoms with van der Waals surface area (Å²) < 4.78 is 0. The van der Waals surface area contributed by atoms with Crippen molar-refractivity contribution in [2.45, 2.75) is 25.7 Å². The van der Waals surface area contributed by atoms with Gasteiger partial charge in [-0.15, -0.1) is 0 Å². The topological polar surface area (TPSA) is 65.5 Å². The average molecular weight is 246 g/mol. The van der Waals surface area contributed by atoms with Crippen LogP contribution in [-0.2, 0) is 0 Å². The Morgan fingerprint density at radius 3 is 2.78 bits per heavy atom. The lowest BCUT2D eigenvalue weighted by atomic mass is 10.2. The summed E-state index contributed by atoms with van der Waals surface area (Å²) in [5, 5.41) is 2.73. The molecule has 0 saturated heterocycles. The molecule has 1 aromatic rings. The lowest BCUT2D eigenvalue weighted by molar-refractivity contribution is 0.250. The SMILES string of the molecule is O=C(NNC1=NCCCCC1)Nc1ccccc1. The van der Waals surface area contributed by atoms with E-state index in [-0.39, 0.29) is 6.03 Å². The summed E-state index contributed by atoms with van der Waals surface area (Å²) in [7, 11) is 0. The molecule has 1 aromatic carbocycles. The van der Waals surface area contributed by atoms with Gasteiger partial charge in [0.1, 0.15) is 5.84 Å². The van der Waals surface area contributed by atoms with Crippen LogP contribution >= 0.6 is 0 Å². The minimum Gasteiger partial charge on any atom is -0.307 e. The molecule has 5 nitrogen and oxygen atoms in total. The van der Waals surface area contributed by atoms with E-state index in [1.165, 1.54) is 6.42 Å². The molecule has 1 aliphatic heterocycles. The zero-order valence-electron chi connectivity index (χ0n) is 10.3. The minimum absolute atomic E-state index is 0.284. The molecular weight excluding hydrogens is 228 g/mol. The second-order valence-electron chi connectivity index (χ2n) is 4.21. The highest BCUT2D eigenvalue weighted by atomic mass is 16.2. The molecule has 0 aliphatic carbocycles. The Kier molecular flexibility index (Phi) is 4.58. The maximum Gasteiger partial charge on any atom is 0.337 e. The van der Waals surface area contributed by atoms with E-state index in [1.54, 1.807) is 0 Å². The molecule has 1 heterocycles. The van der Waals surface area contributed by atoms with Crippen molar-refractivity contribution in [1.29, 1.82) is 0 Å². The van der Waals surface area contributed by atoms with Crippen molar-refractivity contribution < 1.29 is 4.79 Å². The van der Waals surface area contributed by atoms with Gasteiger partial charge in [-0.2, -0.15) is 0 Å². The van der Waals surface area contributed by atoms with Gasteiger partial charge in [-0.1, -0.05) is 24.6 Å². The fourth-order valence-corrected chi connectivity index (χ4v) is 1.79. The number of amides is 2. The Bertz CT molecular complexity index is 416. The van der Waals surface area contributed by atoms with Gasteiger partial charge in [0, 0.05) is 18.7 Å². The van der Waals surface area contributed by atoms with Gasteiger partial charge in [-0.3, -0.25) is 15.8 Å². The molecule has 2 amide bonds. The number of nitrogens with one attached hydrogen (secondary N) is 3. The second-order valence-corrected chi connectivity index (χ2v) is 4.21. The number of aliphatic imine (C=N–C) groups is 1. The van der Waals surface area contributed by atoms with E-state index in [0.717, 1.165) is 37.3 Å². The predicted molar refractivity (Wildman–Crippen MR) is 72.5 cm³/mol. The van der Waals surface area contributed by atoms with Gasteiger partial charge < -0.3 is 5.32 Å². The van der Waals surface area contributed by atoms with Gasteiger partial charge in [0.05, 0.1) is 0 Å². The van der Waals surface area contributed by atoms with Crippen LogP contribution in [0.3, 0.4) is 0 Å². The minimum atomic E-state index is -0.284. The van der Waals surface area contributed by atoms with Gasteiger partial charge >= 0.3 is 6.03 Å². The summed E-state index contributed by atoms with van der Waals surface area (Å²) in [6, 6.07) is 9.04. The largest absolute Gasteiger partial charge is 0.337 e. The highest BCUT2D eigenvalue weighted by Gasteiger charge is 2.05. The number of para-hydroxylation sites is 1. The molecule has 18 heavy (non-hydrogen) atoms. The lowest BCUT2D eigenvalue weighted by Crippen LogP contribution is -2.43.